The molecular formula is C14H16N4O2. The second kappa shape index (κ2) is 6.03. The summed E-state index contributed by atoms with van der Waals surface area (Å²) in [6.45, 7) is 2.61. The zero-order valence-electron chi connectivity index (χ0n) is 11.1. The van der Waals surface area contributed by atoms with E-state index in [-0.39, 0.29) is 5.69 Å². The number of hydrogen-bond acceptors (Lipinski definition) is 5. The molecule has 2 aromatic carbocycles. The Hall–Kier alpha value is -2.60. The number of nitrogens with zero attached hydrogens (tertiary/aromatic N) is 1. The van der Waals surface area contributed by atoms with E-state index in [1.165, 1.54) is 17.7 Å². The van der Waals surface area contributed by atoms with Crippen LogP contribution in [0.3, 0.4) is 0 Å². The first kappa shape index (κ1) is 13.8. The van der Waals surface area contributed by atoms with Crippen molar-refractivity contribution in [3.05, 3.63) is 63.7 Å². The minimum absolute atomic E-state index is 0.00723. The maximum atomic E-state index is 10.8. The highest BCUT2D eigenvalue weighted by Crippen LogP contribution is 2.24. The van der Waals surface area contributed by atoms with Gasteiger partial charge >= 0.3 is 0 Å². The number of nitro benzene ring substituents is 1. The maximum Gasteiger partial charge on any atom is 0.273 e. The van der Waals surface area contributed by atoms with Crippen molar-refractivity contribution < 1.29 is 4.92 Å². The molecule has 2 aromatic rings. The number of rotatable bonds is 5. The third kappa shape index (κ3) is 3.46. The highest BCUT2D eigenvalue weighted by molar-refractivity contribution is 5.63. The molecule has 6 heteroatoms. The lowest BCUT2D eigenvalue weighted by Crippen LogP contribution is -2.08. The molecular weight excluding hydrogens is 256 g/mol. The summed E-state index contributed by atoms with van der Waals surface area (Å²) < 4.78 is 0. The summed E-state index contributed by atoms with van der Waals surface area (Å²) >= 11 is 0. The number of nitrogens with one attached hydrogen (secondary N) is 2. The van der Waals surface area contributed by atoms with Crippen LogP contribution >= 0.6 is 0 Å². The lowest BCUT2D eigenvalue weighted by Gasteiger charge is -2.09. The van der Waals surface area contributed by atoms with Gasteiger partial charge in [0.15, 0.2) is 0 Å². The molecule has 0 aliphatic carbocycles. The molecule has 0 aliphatic heterocycles. The first-order valence-electron chi connectivity index (χ1n) is 6.14. The highest BCUT2D eigenvalue weighted by atomic mass is 16.6. The number of hydrazine groups is 1. The summed E-state index contributed by atoms with van der Waals surface area (Å²) in [5, 5.41) is 14.0. The van der Waals surface area contributed by atoms with Gasteiger partial charge in [-0.05, 0) is 18.6 Å². The van der Waals surface area contributed by atoms with Crippen molar-refractivity contribution in [1.82, 2.24) is 0 Å². The summed E-state index contributed by atoms with van der Waals surface area (Å²) in [7, 11) is 0. The van der Waals surface area contributed by atoms with Crippen LogP contribution < -0.4 is 16.6 Å². The monoisotopic (exact) mass is 272 g/mol. The van der Waals surface area contributed by atoms with Crippen LogP contribution in [0.25, 0.3) is 0 Å². The van der Waals surface area contributed by atoms with Gasteiger partial charge in [-0.2, -0.15) is 0 Å². The van der Waals surface area contributed by atoms with Gasteiger partial charge in [0, 0.05) is 24.4 Å². The third-order valence-corrected chi connectivity index (χ3v) is 2.87. The van der Waals surface area contributed by atoms with Crippen molar-refractivity contribution in [2.75, 3.05) is 10.7 Å². The Balaban J connectivity index is 2.16. The Bertz CT molecular complexity index is 628. The predicted octanol–water partition coefficient (Wildman–Crippen LogP) is 2.80. The second-order valence-corrected chi connectivity index (χ2v) is 4.51. The summed E-state index contributed by atoms with van der Waals surface area (Å²) in [4.78, 5) is 10.4. The van der Waals surface area contributed by atoms with E-state index >= 15 is 0 Å². The van der Waals surface area contributed by atoms with Crippen molar-refractivity contribution in [2.24, 2.45) is 5.84 Å². The van der Waals surface area contributed by atoms with Crippen molar-refractivity contribution in [3.63, 3.8) is 0 Å². The largest absolute Gasteiger partial charge is 0.381 e. The van der Waals surface area contributed by atoms with E-state index in [2.05, 4.69) is 16.8 Å². The third-order valence-electron chi connectivity index (χ3n) is 2.87. The van der Waals surface area contributed by atoms with Gasteiger partial charge in [0.1, 0.15) is 0 Å². The standard InChI is InChI=1S/C14H16N4O2/c1-10-3-2-4-11(5-10)9-16-12-6-13(17-15)8-14(7-12)18(19)20/h2-8,16-17H,9,15H2,1H3. The molecule has 104 valence electrons. The van der Waals surface area contributed by atoms with Crippen LogP contribution in [0.4, 0.5) is 17.1 Å². The molecule has 4 N–H and O–H groups in total. The van der Waals surface area contributed by atoms with Gasteiger partial charge in [0.2, 0.25) is 0 Å². The number of hydrogen-bond donors (Lipinski definition) is 3. The molecule has 0 radical (unpaired) electrons. The van der Waals surface area contributed by atoms with Gasteiger partial charge < -0.3 is 10.7 Å². The molecule has 0 fully saturated rings. The van der Waals surface area contributed by atoms with E-state index in [0.29, 0.717) is 17.9 Å². The highest BCUT2D eigenvalue weighted by Gasteiger charge is 2.09. The predicted molar refractivity (Wildman–Crippen MR) is 79.4 cm³/mol. The normalized spacial score (nSPS) is 10.1. The molecule has 0 saturated heterocycles. The van der Waals surface area contributed by atoms with Gasteiger partial charge in [-0.1, -0.05) is 29.8 Å². The van der Waals surface area contributed by atoms with Crippen LogP contribution in [0.1, 0.15) is 11.1 Å². The van der Waals surface area contributed by atoms with E-state index in [0.717, 1.165) is 5.56 Å². The first-order valence-corrected chi connectivity index (χ1v) is 6.14. The van der Waals surface area contributed by atoms with Crippen molar-refractivity contribution in [2.45, 2.75) is 13.5 Å². The number of nitrogens with two attached hydrogens (primary N) is 1. The zero-order valence-corrected chi connectivity index (χ0v) is 11.1. The number of non-ortho nitro benzene ring substituents is 1. The Labute approximate surface area is 116 Å². The Morgan fingerprint density at radius 2 is 1.95 bits per heavy atom. The minimum atomic E-state index is -0.446. The van der Waals surface area contributed by atoms with Gasteiger partial charge in [-0.15, -0.1) is 0 Å². The molecule has 2 rings (SSSR count). The smallest absolute Gasteiger partial charge is 0.273 e. The quantitative estimate of drug-likeness (QED) is 0.442. The number of benzene rings is 2. The molecule has 0 bridgehead atoms. The van der Waals surface area contributed by atoms with E-state index in [1.54, 1.807) is 6.07 Å². The van der Waals surface area contributed by atoms with Crippen molar-refractivity contribution in [1.29, 1.82) is 0 Å². The Kier molecular flexibility index (Phi) is 4.17. The number of anilines is 2. The number of nitrogen functional groups attached to an aromatic ring is 1. The molecule has 0 aliphatic rings. The molecule has 0 unspecified atom stereocenters. The average Bonchev–Trinajstić information content (AvgIpc) is 2.45. The fourth-order valence-corrected chi connectivity index (χ4v) is 1.93. The van der Waals surface area contributed by atoms with Crippen LogP contribution in [0.15, 0.2) is 42.5 Å². The minimum Gasteiger partial charge on any atom is -0.381 e. The number of aryl methyl sites for hydroxylation is 1. The maximum absolute atomic E-state index is 10.8. The van der Waals surface area contributed by atoms with Gasteiger partial charge in [-0.3, -0.25) is 16.0 Å². The van der Waals surface area contributed by atoms with E-state index in [9.17, 15) is 10.1 Å². The summed E-state index contributed by atoms with van der Waals surface area (Å²) in [6, 6.07) is 12.7. The van der Waals surface area contributed by atoms with Crippen molar-refractivity contribution in [3.8, 4) is 0 Å². The van der Waals surface area contributed by atoms with E-state index < -0.39 is 4.92 Å². The van der Waals surface area contributed by atoms with E-state index in [4.69, 9.17) is 5.84 Å². The fourth-order valence-electron chi connectivity index (χ4n) is 1.93. The molecule has 0 saturated carbocycles. The molecule has 20 heavy (non-hydrogen) atoms. The first-order chi connectivity index (χ1) is 9.58. The van der Waals surface area contributed by atoms with Crippen LogP contribution in [-0.4, -0.2) is 4.92 Å². The topological polar surface area (TPSA) is 93.2 Å². The molecule has 6 nitrogen and oxygen atoms in total. The average molecular weight is 272 g/mol. The second-order valence-electron chi connectivity index (χ2n) is 4.51. The molecule has 0 spiro atoms. The Morgan fingerprint density at radius 3 is 2.60 bits per heavy atom. The molecule has 0 heterocycles. The number of nitro groups is 1. The van der Waals surface area contributed by atoms with Crippen LogP contribution in [0, 0.1) is 17.0 Å². The van der Waals surface area contributed by atoms with Crippen LogP contribution in [0.2, 0.25) is 0 Å². The van der Waals surface area contributed by atoms with Gasteiger partial charge in [0.25, 0.3) is 5.69 Å². The summed E-state index contributed by atoms with van der Waals surface area (Å²) in [5.41, 5.74) is 5.84. The summed E-state index contributed by atoms with van der Waals surface area (Å²) in [6.07, 6.45) is 0. The Morgan fingerprint density at radius 1 is 1.20 bits per heavy atom. The van der Waals surface area contributed by atoms with Crippen molar-refractivity contribution >= 4 is 17.1 Å². The lowest BCUT2D eigenvalue weighted by molar-refractivity contribution is -0.384. The van der Waals surface area contributed by atoms with E-state index in [1.807, 2.05) is 25.1 Å². The SMILES string of the molecule is Cc1cccc(CNc2cc(NN)cc([N+](=O)[O-])c2)c1. The van der Waals surface area contributed by atoms with Gasteiger partial charge in [0.05, 0.1) is 10.6 Å². The zero-order chi connectivity index (χ0) is 14.5. The molecule has 0 amide bonds. The fraction of sp³-hybridized carbons (Fsp3) is 0.143. The van der Waals surface area contributed by atoms with Crippen LogP contribution in [-0.2, 0) is 6.54 Å². The summed E-state index contributed by atoms with van der Waals surface area (Å²) in [5.74, 6) is 5.31. The van der Waals surface area contributed by atoms with Gasteiger partial charge in [-0.25, -0.2) is 0 Å². The lowest BCUT2D eigenvalue weighted by atomic mass is 10.1. The molecule has 0 aromatic heterocycles. The molecule has 0 atom stereocenters. The van der Waals surface area contributed by atoms with Crippen LogP contribution in [0.5, 0.6) is 0 Å².